The highest BCUT2D eigenvalue weighted by molar-refractivity contribution is 5.76. The lowest BCUT2D eigenvalue weighted by atomic mass is 10.1. The van der Waals surface area contributed by atoms with Crippen molar-refractivity contribution in [3.8, 4) is 11.8 Å². The molecule has 0 aromatic heterocycles. The minimum Gasteiger partial charge on any atom is -0.298 e. The summed E-state index contributed by atoms with van der Waals surface area (Å²) in [5, 5.41) is 0. The molecular weight excluding hydrogens is 171 g/mol. The van der Waals surface area contributed by atoms with Crippen LogP contribution in [0.1, 0.15) is 15.9 Å². The van der Waals surface area contributed by atoms with Crippen LogP contribution in [-0.4, -0.2) is 12.6 Å². The van der Waals surface area contributed by atoms with Crippen LogP contribution < -0.4 is 0 Å². The molecule has 64 valence electrons. The first-order chi connectivity index (χ1) is 6.27. The molecule has 0 saturated heterocycles. The Balaban J connectivity index is 3.11. The second kappa shape index (κ2) is 4.17. The van der Waals surface area contributed by atoms with Gasteiger partial charge < -0.3 is 0 Å². The van der Waals surface area contributed by atoms with E-state index in [1.54, 1.807) is 0 Å². The van der Waals surface area contributed by atoms with Crippen molar-refractivity contribution < 1.29 is 14.0 Å². The highest BCUT2D eigenvalue weighted by Gasteiger charge is 1.99. The Kier molecular flexibility index (Phi) is 2.93. The summed E-state index contributed by atoms with van der Waals surface area (Å²) in [7, 11) is 0. The highest BCUT2D eigenvalue weighted by Crippen LogP contribution is 2.07. The maximum absolute atomic E-state index is 13.0. The molecular formula is C10H5FO2. The molecule has 13 heavy (non-hydrogen) atoms. The number of hydrogen-bond acceptors (Lipinski definition) is 2. The van der Waals surface area contributed by atoms with Crippen LogP contribution in [0, 0.1) is 17.7 Å². The lowest BCUT2D eigenvalue weighted by molar-refractivity contribution is -0.103. The van der Waals surface area contributed by atoms with Gasteiger partial charge in [-0.3, -0.25) is 9.59 Å². The van der Waals surface area contributed by atoms with E-state index in [0.717, 1.165) is 6.07 Å². The minimum atomic E-state index is -0.598. The second-order valence-corrected chi connectivity index (χ2v) is 2.24. The van der Waals surface area contributed by atoms with Crippen molar-refractivity contribution in [1.82, 2.24) is 0 Å². The molecule has 2 nitrogen and oxygen atoms in total. The lowest BCUT2D eigenvalue weighted by Gasteiger charge is -1.93. The fraction of sp³-hybridized carbons (Fsp3) is 0. The van der Waals surface area contributed by atoms with Gasteiger partial charge in [-0.25, -0.2) is 4.39 Å². The number of carbonyl (C=O) groups is 2. The fourth-order valence-corrected chi connectivity index (χ4v) is 0.813. The molecule has 0 aliphatic carbocycles. The normalized spacial score (nSPS) is 8.38. The number of halogens is 1. The van der Waals surface area contributed by atoms with Crippen LogP contribution in [0.2, 0.25) is 0 Å². The van der Waals surface area contributed by atoms with Crippen molar-refractivity contribution in [2.45, 2.75) is 0 Å². The average molecular weight is 176 g/mol. The quantitative estimate of drug-likeness (QED) is 0.475. The Hall–Kier alpha value is -1.95. The molecule has 0 atom stereocenters. The van der Waals surface area contributed by atoms with Gasteiger partial charge in [0.25, 0.3) is 0 Å². The summed E-state index contributed by atoms with van der Waals surface area (Å²) < 4.78 is 13.0. The van der Waals surface area contributed by atoms with Crippen molar-refractivity contribution in [3.63, 3.8) is 0 Å². The molecule has 0 aliphatic heterocycles. The Morgan fingerprint density at radius 3 is 2.62 bits per heavy atom. The molecule has 0 radical (unpaired) electrons. The summed E-state index contributed by atoms with van der Waals surface area (Å²) in [6.07, 6.45) is 0.924. The topological polar surface area (TPSA) is 34.1 Å². The van der Waals surface area contributed by atoms with E-state index in [0.29, 0.717) is 12.6 Å². The summed E-state index contributed by atoms with van der Waals surface area (Å²) in [6.45, 7) is 0. The van der Waals surface area contributed by atoms with Crippen LogP contribution in [-0.2, 0) is 4.79 Å². The first-order valence-corrected chi connectivity index (χ1v) is 3.48. The molecule has 1 aromatic rings. The summed E-state index contributed by atoms with van der Waals surface area (Å²) in [5.74, 6) is 3.79. The number of hydrogen-bond donors (Lipinski definition) is 0. The Morgan fingerprint density at radius 1 is 1.31 bits per heavy atom. The van der Waals surface area contributed by atoms with E-state index in [1.807, 2.05) is 0 Å². The van der Waals surface area contributed by atoms with Crippen molar-refractivity contribution in [1.29, 1.82) is 0 Å². The predicted octanol–water partition coefficient (Wildman–Crippen LogP) is 1.19. The van der Waals surface area contributed by atoms with Gasteiger partial charge in [0, 0.05) is 5.56 Å². The molecule has 1 rings (SSSR count). The van der Waals surface area contributed by atoms with E-state index in [9.17, 15) is 14.0 Å². The van der Waals surface area contributed by atoms with Gasteiger partial charge in [-0.05, 0) is 18.1 Å². The summed E-state index contributed by atoms with van der Waals surface area (Å²) >= 11 is 0. The van der Waals surface area contributed by atoms with Gasteiger partial charge in [0.05, 0.1) is 5.56 Å². The maximum Gasteiger partial charge on any atom is 0.193 e. The zero-order valence-corrected chi connectivity index (χ0v) is 6.58. The van der Waals surface area contributed by atoms with Crippen LogP contribution in [0.5, 0.6) is 0 Å². The first kappa shape index (κ1) is 9.14. The summed E-state index contributed by atoms with van der Waals surface area (Å²) in [4.78, 5) is 20.1. The van der Waals surface area contributed by atoms with Crippen LogP contribution >= 0.6 is 0 Å². The third-order valence-corrected chi connectivity index (χ3v) is 1.39. The van der Waals surface area contributed by atoms with Gasteiger partial charge in [-0.1, -0.05) is 12.0 Å². The minimum absolute atomic E-state index is 0.109. The van der Waals surface area contributed by atoms with Crippen LogP contribution in [0.25, 0.3) is 0 Å². The number of aldehydes is 2. The largest absolute Gasteiger partial charge is 0.298 e. The van der Waals surface area contributed by atoms with E-state index < -0.39 is 5.82 Å². The summed E-state index contributed by atoms with van der Waals surface area (Å²) in [6, 6.07) is 3.86. The van der Waals surface area contributed by atoms with Crippen molar-refractivity contribution in [2.75, 3.05) is 0 Å². The SMILES string of the molecule is O=CC#Cc1ccc(C=O)cc1F. The van der Waals surface area contributed by atoms with E-state index in [4.69, 9.17) is 0 Å². The molecule has 3 heteroatoms. The number of benzene rings is 1. The molecule has 0 spiro atoms. The second-order valence-electron chi connectivity index (χ2n) is 2.24. The van der Waals surface area contributed by atoms with E-state index >= 15 is 0 Å². The third kappa shape index (κ3) is 2.24. The Morgan fingerprint density at radius 2 is 2.08 bits per heavy atom. The fourth-order valence-electron chi connectivity index (χ4n) is 0.813. The molecule has 0 saturated carbocycles. The van der Waals surface area contributed by atoms with Crippen molar-refractivity contribution in [2.24, 2.45) is 0 Å². The molecule has 0 amide bonds. The van der Waals surface area contributed by atoms with Crippen LogP contribution in [0.3, 0.4) is 0 Å². The van der Waals surface area contributed by atoms with Crippen molar-refractivity contribution in [3.05, 3.63) is 35.1 Å². The zero-order chi connectivity index (χ0) is 9.68. The lowest BCUT2D eigenvalue weighted by Crippen LogP contribution is -1.87. The van der Waals surface area contributed by atoms with Crippen LogP contribution in [0.4, 0.5) is 4.39 Å². The highest BCUT2D eigenvalue weighted by atomic mass is 19.1. The summed E-state index contributed by atoms with van der Waals surface area (Å²) in [5.41, 5.74) is 0.354. The molecule has 0 heterocycles. The van der Waals surface area contributed by atoms with Gasteiger partial charge in [-0.15, -0.1) is 0 Å². The Bertz CT molecular complexity index is 399. The smallest absolute Gasteiger partial charge is 0.193 e. The molecule has 1 aromatic carbocycles. The average Bonchev–Trinajstić information content (AvgIpc) is 2.16. The van der Waals surface area contributed by atoms with Gasteiger partial charge in [0.15, 0.2) is 6.29 Å². The molecule has 0 aliphatic rings. The van der Waals surface area contributed by atoms with E-state index in [2.05, 4.69) is 11.8 Å². The number of rotatable bonds is 1. The molecule has 0 unspecified atom stereocenters. The maximum atomic E-state index is 13.0. The third-order valence-electron chi connectivity index (χ3n) is 1.39. The molecule has 0 bridgehead atoms. The van der Waals surface area contributed by atoms with Crippen molar-refractivity contribution >= 4 is 12.6 Å². The molecule has 0 fully saturated rings. The molecule has 0 N–H and O–H groups in total. The predicted molar refractivity (Wildman–Crippen MR) is 44.7 cm³/mol. The van der Waals surface area contributed by atoms with E-state index in [-0.39, 0.29) is 11.1 Å². The monoisotopic (exact) mass is 176 g/mol. The van der Waals surface area contributed by atoms with Gasteiger partial charge in [-0.2, -0.15) is 0 Å². The van der Waals surface area contributed by atoms with Gasteiger partial charge in [0.1, 0.15) is 12.1 Å². The van der Waals surface area contributed by atoms with E-state index in [1.165, 1.54) is 12.1 Å². The van der Waals surface area contributed by atoms with Gasteiger partial charge in [0.2, 0.25) is 0 Å². The Labute approximate surface area is 74.4 Å². The number of carbonyl (C=O) groups excluding carboxylic acids is 2. The standard InChI is InChI=1S/C10H5FO2/c11-10-6-8(7-13)3-4-9(10)2-1-5-12/h3-7H. The first-order valence-electron chi connectivity index (χ1n) is 3.48. The van der Waals surface area contributed by atoms with Gasteiger partial charge >= 0.3 is 0 Å². The van der Waals surface area contributed by atoms with Crippen LogP contribution in [0.15, 0.2) is 18.2 Å². The zero-order valence-electron chi connectivity index (χ0n) is 6.58.